The van der Waals surface area contributed by atoms with Crippen LogP contribution >= 0.6 is 0 Å². The van der Waals surface area contributed by atoms with Gasteiger partial charge in [-0.05, 0) is 36.6 Å². The van der Waals surface area contributed by atoms with Crippen molar-refractivity contribution in [2.24, 2.45) is 10.5 Å². The Morgan fingerprint density at radius 2 is 1.86 bits per heavy atom. The monoisotopic (exact) mass is 413 g/mol. The Hall–Kier alpha value is -2.64. The molecule has 8 heteroatoms. The Labute approximate surface area is 170 Å². The third kappa shape index (κ3) is 5.68. The molecule has 0 heterocycles. The van der Waals surface area contributed by atoms with Crippen molar-refractivity contribution in [3.8, 4) is 0 Å². The summed E-state index contributed by atoms with van der Waals surface area (Å²) < 4.78 is 36.4. The fourth-order valence-electron chi connectivity index (χ4n) is 3.18. The molecule has 29 heavy (non-hydrogen) atoms. The maximum absolute atomic E-state index is 12.6. The predicted octanol–water partition coefficient (Wildman–Crippen LogP) is 4.54. The van der Waals surface area contributed by atoms with Crippen molar-refractivity contribution in [2.45, 2.75) is 30.9 Å². The van der Waals surface area contributed by atoms with Crippen molar-refractivity contribution in [1.29, 1.82) is 0 Å². The Morgan fingerprint density at radius 3 is 2.55 bits per heavy atom. The summed E-state index contributed by atoms with van der Waals surface area (Å²) in [6.07, 6.45) is 4.03. The van der Waals surface area contributed by atoms with Crippen LogP contribution in [0.25, 0.3) is 10.4 Å². The smallest absolute Gasteiger partial charge is 0.297 e. The fraction of sp³-hybridized carbons (Fsp3) is 0.333. The highest BCUT2D eigenvalue weighted by Crippen LogP contribution is 2.36. The van der Waals surface area contributed by atoms with Crippen LogP contribution in [-0.4, -0.2) is 27.7 Å². The van der Waals surface area contributed by atoms with Gasteiger partial charge in [0.05, 0.1) is 30.8 Å². The van der Waals surface area contributed by atoms with Gasteiger partial charge < -0.3 is 4.74 Å². The standard InChI is InChI=1S/C21H23N3O4S/c1-17-7-9-20(10-8-17)29(25,26)28-16-21(12-11-19(13-21)23-24-22)15-27-14-18-5-3-2-4-6-18/h2-12,19H,13-16H2,1H3/t19-,21-/m0/s1. The quantitative estimate of drug-likeness (QED) is 0.198. The van der Waals surface area contributed by atoms with Crippen LogP contribution in [0.1, 0.15) is 17.5 Å². The second-order valence-electron chi connectivity index (χ2n) is 7.21. The van der Waals surface area contributed by atoms with E-state index in [4.69, 9.17) is 14.5 Å². The molecule has 0 aliphatic heterocycles. The largest absolute Gasteiger partial charge is 0.376 e. The van der Waals surface area contributed by atoms with E-state index in [1.807, 2.05) is 43.3 Å². The zero-order valence-corrected chi connectivity index (χ0v) is 17.0. The molecule has 0 saturated carbocycles. The summed E-state index contributed by atoms with van der Waals surface area (Å²) >= 11 is 0. The Bertz CT molecular complexity index is 1000. The summed E-state index contributed by atoms with van der Waals surface area (Å²) in [5, 5.41) is 3.73. The van der Waals surface area contributed by atoms with E-state index in [0.717, 1.165) is 11.1 Å². The summed E-state index contributed by atoms with van der Waals surface area (Å²) in [7, 11) is -3.90. The lowest BCUT2D eigenvalue weighted by molar-refractivity contribution is 0.0316. The van der Waals surface area contributed by atoms with Gasteiger partial charge in [0.1, 0.15) is 0 Å². The van der Waals surface area contributed by atoms with Crippen molar-refractivity contribution < 1.29 is 17.3 Å². The van der Waals surface area contributed by atoms with E-state index in [1.165, 1.54) is 12.1 Å². The van der Waals surface area contributed by atoms with E-state index >= 15 is 0 Å². The van der Waals surface area contributed by atoms with Gasteiger partial charge in [0, 0.05) is 10.3 Å². The molecule has 1 aliphatic carbocycles. The SMILES string of the molecule is Cc1ccc(S(=O)(=O)OC[C@@]2(COCc3ccccc3)C=C[C@H](N=[N+]=[N-])C2)cc1. The van der Waals surface area contributed by atoms with Crippen LogP contribution in [0.3, 0.4) is 0 Å². The molecule has 0 N–H and O–H groups in total. The van der Waals surface area contributed by atoms with Gasteiger partial charge in [-0.2, -0.15) is 8.42 Å². The van der Waals surface area contributed by atoms with Crippen molar-refractivity contribution in [1.82, 2.24) is 0 Å². The summed E-state index contributed by atoms with van der Waals surface area (Å²) in [5.41, 5.74) is 10.0. The molecular weight excluding hydrogens is 390 g/mol. The molecule has 1 aliphatic rings. The third-order valence-corrected chi connectivity index (χ3v) is 6.08. The number of benzene rings is 2. The second-order valence-corrected chi connectivity index (χ2v) is 8.82. The van der Waals surface area contributed by atoms with Gasteiger partial charge in [-0.3, -0.25) is 4.18 Å². The maximum atomic E-state index is 12.6. The molecule has 0 aromatic heterocycles. The maximum Gasteiger partial charge on any atom is 0.297 e. The molecule has 0 fully saturated rings. The Kier molecular flexibility index (Phi) is 6.71. The van der Waals surface area contributed by atoms with Crippen LogP contribution < -0.4 is 0 Å². The number of azide groups is 1. The number of hydrogen-bond acceptors (Lipinski definition) is 5. The summed E-state index contributed by atoms with van der Waals surface area (Å²) in [6.45, 7) is 2.44. The average molecular weight is 413 g/mol. The van der Waals surface area contributed by atoms with Crippen LogP contribution in [0.4, 0.5) is 0 Å². The van der Waals surface area contributed by atoms with E-state index in [2.05, 4.69) is 10.0 Å². The molecule has 7 nitrogen and oxygen atoms in total. The fourth-order valence-corrected chi connectivity index (χ4v) is 4.18. The van der Waals surface area contributed by atoms with Crippen LogP contribution in [0.2, 0.25) is 0 Å². The van der Waals surface area contributed by atoms with Gasteiger partial charge in [-0.1, -0.05) is 65.3 Å². The average Bonchev–Trinajstić information content (AvgIpc) is 3.11. The lowest BCUT2D eigenvalue weighted by Gasteiger charge is -2.27. The van der Waals surface area contributed by atoms with Crippen molar-refractivity contribution in [3.63, 3.8) is 0 Å². The summed E-state index contributed by atoms with van der Waals surface area (Å²) in [6, 6.07) is 15.8. The number of aryl methyl sites for hydroxylation is 1. The van der Waals surface area contributed by atoms with E-state index in [9.17, 15) is 8.42 Å². The highest BCUT2D eigenvalue weighted by molar-refractivity contribution is 7.86. The van der Waals surface area contributed by atoms with Gasteiger partial charge >= 0.3 is 0 Å². The zero-order chi connectivity index (χ0) is 20.7. The van der Waals surface area contributed by atoms with E-state index in [0.29, 0.717) is 13.0 Å². The Morgan fingerprint density at radius 1 is 1.14 bits per heavy atom. The number of nitrogens with zero attached hydrogens (tertiary/aromatic N) is 3. The molecule has 2 aromatic carbocycles. The van der Waals surface area contributed by atoms with Crippen molar-refractivity contribution >= 4 is 10.1 Å². The van der Waals surface area contributed by atoms with Crippen LogP contribution in [0.15, 0.2) is 76.8 Å². The molecule has 0 amide bonds. The molecule has 0 unspecified atom stereocenters. The molecule has 2 aromatic rings. The van der Waals surface area contributed by atoms with E-state index < -0.39 is 15.5 Å². The van der Waals surface area contributed by atoms with Gasteiger partial charge in [0.15, 0.2) is 0 Å². The van der Waals surface area contributed by atoms with Crippen LogP contribution in [0, 0.1) is 12.3 Å². The van der Waals surface area contributed by atoms with E-state index in [-0.39, 0.29) is 24.2 Å². The van der Waals surface area contributed by atoms with Gasteiger partial charge in [-0.25, -0.2) is 0 Å². The highest BCUT2D eigenvalue weighted by Gasteiger charge is 2.37. The number of rotatable bonds is 9. The minimum Gasteiger partial charge on any atom is -0.376 e. The molecule has 3 rings (SSSR count). The minimum absolute atomic E-state index is 0.0913. The summed E-state index contributed by atoms with van der Waals surface area (Å²) in [4.78, 5) is 2.96. The third-order valence-electron chi connectivity index (χ3n) is 4.80. The van der Waals surface area contributed by atoms with Crippen LogP contribution in [-0.2, 0) is 25.6 Å². The van der Waals surface area contributed by atoms with Crippen LogP contribution in [0.5, 0.6) is 0 Å². The van der Waals surface area contributed by atoms with Gasteiger partial charge in [-0.15, -0.1) is 0 Å². The first-order chi connectivity index (χ1) is 13.9. The molecule has 0 saturated heterocycles. The summed E-state index contributed by atoms with van der Waals surface area (Å²) in [5.74, 6) is 0. The molecule has 0 radical (unpaired) electrons. The molecule has 152 valence electrons. The van der Waals surface area contributed by atoms with Crippen molar-refractivity contribution in [3.05, 3.63) is 88.3 Å². The molecule has 2 atom stereocenters. The number of hydrogen-bond donors (Lipinski definition) is 0. The lowest BCUT2D eigenvalue weighted by atomic mass is 9.89. The Balaban J connectivity index is 1.69. The first kappa shape index (κ1) is 21.1. The van der Waals surface area contributed by atoms with Gasteiger partial charge in [0.25, 0.3) is 10.1 Å². The first-order valence-electron chi connectivity index (χ1n) is 9.24. The number of ether oxygens (including phenoxy) is 1. The van der Waals surface area contributed by atoms with Crippen molar-refractivity contribution in [2.75, 3.05) is 13.2 Å². The zero-order valence-electron chi connectivity index (χ0n) is 16.1. The predicted molar refractivity (Wildman–Crippen MR) is 110 cm³/mol. The molecule has 0 bridgehead atoms. The topological polar surface area (TPSA) is 101 Å². The molecule has 0 spiro atoms. The highest BCUT2D eigenvalue weighted by atomic mass is 32.2. The van der Waals surface area contributed by atoms with Gasteiger partial charge in [0.2, 0.25) is 0 Å². The first-order valence-corrected chi connectivity index (χ1v) is 10.6. The normalized spacial score (nSPS) is 21.1. The van der Waals surface area contributed by atoms with E-state index in [1.54, 1.807) is 18.2 Å². The molecular formula is C21H23N3O4S. The second kappa shape index (κ2) is 9.24. The minimum atomic E-state index is -3.90. The lowest BCUT2D eigenvalue weighted by Crippen LogP contribution is -2.31.